The summed E-state index contributed by atoms with van der Waals surface area (Å²) >= 11 is 1.31. The molecule has 0 spiro atoms. The minimum Gasteiger partial charge on any atom is -0.325 e. The van der Waals surface area contributed by atoms with E-state index in [1.165, 1.54) is 22.3 Å². The number of piperidine rings is 1. The van der Waals surface area contributed by atoms with Gasteiger partial charge in [-0.25, -0.2) is 12.7 Å². The summed E-state index contributed by atoms with van der Waals surface area (Å²) in [6.45, 7) is 0.971. The van der Waals surface area contributed by atoms with Gasteiger partial charge in [0, 0.05) is 31.7 Å². The first-order chi connectivity index (χ1) is 12.8. The van der Waals surface area contributed by atoms with Gasteiger partial charge < -0.3 is 9.88 Å². The quantitative estimate of drug-likeness (QED) is 0.729. The zero-order chi connectivity index (χ0) is 19.4. The minimum atomic E-state index is -3.21. The van der Waals surface area contributed by atoms with E-state index in [1.807, 2.05) is 41.9 Å². The number of sulfonamides is 1. The van der Waals surface area contributed by atoms with Crippen LogP contribution in [0, 0.1) is 0 Å². The summed E-state index contributed by atoms with van der Waals surface area (Å²) in [5.41, 5.74) is 0.754. The van der Waals surface area contributed by atoms with Crippen LogP contribution in [0.3, 0.4) is 0 Å². The maximum atomic E-state index is 12.1. The highest BCUT2D eigenvalue weighted by Crippen LogP contribution is 2.28. The highest BCUT2D eigenvalue weighted by Gasteiger charge is 2.30. The fourth-order valence-corrected chi connectivity index (χ4v) is 4.74. The lowest BCUT2D eigenvalue weighted by Gasteiger charge is -2.30. The van der Waals surface area contributed by atoms with Gasteiger partial charge in [0.15, 0.2) is 5.16 Å². The zero-order valence-electron chi connectivity index (χ0n) is 15.3. The van der Waals surface area contributed by atoms with Crippen LogP contribution in [0.5, 0.6) is 0 Å². The number of carbonyl (C=O) groups is 1. The summed E-state index contributed by atoms with van der Waals surface area (Å²) in [4.78, 5) is 12.1. The lowest BCUT2D eigenvalue weighted by atomic mass is 9.99. The number of benzene rings is 1. The molecule has 0 aliphatic carbocycles. The van der Waals surface area contributed by atoms with Gasteiger partial charge in [0.1, 0.15) is 5.82 Å². The molecule has 0 unspecified atom stereocenters. The number of hydrogen-bond acceptors (Lipinski definition) is 6. The molecule has 146 valence electrons. The van der Waals surface area contributed by atoms with Crippen molar-refractivity contribution in [1.82, 2.24) is 19.1 Å². The van der Waals surface area contributed by atoms with Crippen LogP contribution < -0.4 is 5.32 Å². The number of rotatable bonds is 6. The van der Waals surface area contributed by atoms with Crippen LogP contribution in [0.4, 0.5) is 5.69 Å². The van der Waals surface area contributed by atoms with Gasteiger partial charge in [-0.3, -0.25) is 4.79 Å². The number of hydrogen-bond donors (Lipinski definition) is 1. The van der Waals surface area contributed by atoms with Crippen molar-refractivity contribution in [2.24, 2.45) is 7.05 Å². The second-order valence-electron chi connectivity index (χ2n) is 6.56. The van der Waals surface area contributed by atoms with E-state index in [2.05, 4.69) is 15.5 Å². The Morgan fingerprint density at radius 1 is 1.30 bits per heavy atom. The molecule has 1 aromatic heterocycles. The normalized spacial score (nSPS) is 18.4. The molecule has 0 radical (unpaired) electrons. The Bertz CT molecular complexity index is 899. The summed E-state index contributed by atoms with van der Waals surface area (Å²) in [6.07, 6.45) is 2.91. The number of anilines is 1. The summed E-state index contributed by atoms with van der Waals surface area (Å²) in [5, 5.41) is 11.9. The van der Waals surface area contributed by atoms with Crippen LogP contribution in [0.1, 0.15) is 24.6 Å². The van der Waals surface area contributed by atoms with Crippen LogP contribution in [0.25, 0.3) is 0 Å². The first-order valence-corrected chi connectivity index (χ1v) is 11.5. The van der Waals surface area contributed by atoms with Gasteiger partial charge in [-0.1, -0.05) is 30.0 Å². The first kappa shape index (κ1) is 19.8. The van der Waals surface area contributed by atoms with Gasteiger partial charge in [-0.15, -0.1) is 10.2 Å². The van der Waals surface area contributed by atoms with Gasteiger partial charge in [-0.05, 0) is 25.0 Å². The molecule has 1 aliphatic heterocycles. The number of aromatic nitrogens is 3. The minimum absolute atomic E-state index is 0.0125. The molecule has 1 N–H and O–H groups in total. The molecule has 0 saturated carbocycles. The predicted octanol–water partition coefficient (Wildman–Crippen LogP) is 1.68. The molecule has 1 fully saturated rings. The van der Waals surface area contributed by atoms with Crippen molar-refractivity contribution in [2.75, 3.05) is 30.4 Å². The van der Waals surface area contributed by atoms with Crippen molar-refractivity contribution in [3.05, 3.63) is 36.2 Å². The van der Waals surface area contributed by atoms with E-state index >= 15 is 0 Å². The molecule has 27 heavy (non-hydrogen) atoms. The summed E-state index contributed by atoms with van der Waals surface area (Å²) in [6, 6.07) is 9.28. The third-order valence-corrected chi connectivity index (χ3v) is 6.77. The molecule has 1 atom stereocenters. The molecule has 2 aromatic rings. The number of nitrogens with one attached hydrogen (secondary N) is 1. The van der Waals surface area contributed by atoms with Gasteiger partial charge >= 0.3 is 0 Å². The average Bonchev–Trinajstić information content (AvgIpc) is 3.01. The molecule has 3 rings (SSSR count). The summed E-state index contributed by atoms with van der Waals surface area (Å²) in [5.74, 6) is 0.880. The van der Waals surface area contributed by atoms with Crippen LogP contribution in [0.15, 0.2) is 35.5 Å². The molecular weight excluding hydrogens is 386 g/mol. The van der Waals surface area contributed by atoms with E-state index in [0.717, 1.165) is 24.4 Å². The fraction of sp³-hybridized carbons (Fsp3) is 0.471. The molecule has 10 heteroatoms. The maximum Gasteiger partial charge on any atom is 0.234 e. The monoisotopic (exact) mass is 409 g/mol. The van der Waals surface area contributed by atoms with Crippen LogP contribution in [0.2, 0.25) is 0 Å². The third-order valence-electron chi connectivity index (χ3n) is 4.48. The van der Waals surface area contributed by atoms with Crippen LogP contribution in [-0.2, 0) is 21.9 Å². The van der Waals surface area contributed by atoms with Crippen LogP contribution in [-0.4, -0.2) is 58.5 Å². The van der Waals surface area contributed by atoms with Crippen molar-refractivity contribution in [1.29, 1.82) is 0 Å². The van der Waals surface area contributed by atoms with E-state index in [9.17, 15) is 13.2 Å². The highest BCUT2D eigenvalue weighted by molar-refractivity contribution is 7.99. The van der Waals surface area contributed by atoms with Crippen molar-refractivity contribution >= 4 is 33.4 Å². The van der Waals surface area contributed by atoms with Crippen molar-refractivity contribution in [2.45, 2.75) is 23.9 Å². The number of amides is 1. The average molecular weight is 410 g/mol. The van der Waals surface area contributed by atoms with Gasteiger partial charge in [0.2, 0.25) is 15.9 Å². The molecule has 1 amide bonds. The second-order valence-corrected chi connectivity index (χ2v) is 9.49. The summed E-state index contributed by atoms with van der Waals surface area (Å²) < 4.78 is 27.0. The second kappa shape index (κ2) is 8.41. The lowest BCUT2D eigenvalue weighted by molar-refractivity contribution is -0.113. The maximum absolute atomic E-state index is 12.1. The van der Waals surface area contributed by atoms with E-state index < -0.39 is 10.0 Å². The largest absolute Gasteiger partial charge is 0.325 e. The van der Waals surface area contributed by atoms with E-state index in [0.29, 0.717) is 18.2 Å². The molecule has 1 aromatic carbocycles. The Kier molecular flexibility index (Phi) is 6.18. The Labute approximate surface area is 163 Å². The smallest absolute Gasteiger partial charge is 0.234 e. The predicted molar refractivity (Wildman–Crippen MR) is 105 cm³/mol. The number of thioether (sulfide) groups is 1. The summed E-state index contributed by atoms with van der Waals surface area (Å²) in [7, 11) is -1.35. The standard InChI is InChI=1S/C17H23N5O3S2/c1-21-16(13-7-6-10-22(11-13)27(2,24)25)19-20-17(21)26-12-15(23)18-14-8-4-3-5-9-14/h3-5,8-9,13H,6-7,10-12H2,1-2H3,(H,18,23)/t13-/m0/s1. The third kappa shape index (κ3) is 5.08. The van der Waals surface area contributed by atoms with Gasteiger partial charge in [0.05, 0.1) is 12.0 Å². The van der Waals surface area contributed by atoms with Crippen molar-refractivity contribution in [3.8, 4) is 0 Å². The molecule has 8 nitrogen and oxygen atoms in total. The van der Waals surface area contributed by atoms with E-state index in [1.54, 1.807) is 0 Å². The van der Waals surface area contributed by atoms with Gasteiger partial charge in [0.25, 0.3) is 0 Å². The topological polar surface area (TPSA) is 97.2 Å². The Morgan fingerprint density at radius 2 is 2.04 bits per heavy atom. The molecule has 1 aliphatic rings. The fourth-order valence-electron chi connectivity index (χ4n) is 3.11. The molecule has 2 heterocycles. The van der Waals surface area contributed by atoms with Gasteiger partial charge in [-0.2, -0.15) is 0 Å². The van der Waals surface area contributed by atoms with E-state index in [-0.39, 0.29) is 17.6 Å². The SMILES string of the molecule is Cn1c(SCC(=O)Nc2ccccc2)nnc1[C@H]1CCCN(S(C)(=O)=O)C1. The number of nitrogens with zero attached hydrogens (tertiary/aromatic N) is 4. The molecular formula is C17H23N5O3S2. The highest BCUT2D eigenvalue weighted by atomic mass is 32.2. The molecule has 0 bridgehead atoms. The Morgan fingerprint density at radius 3 is 2.74 bits per heavy atom. The Balaban J connectivity index is 1.61. The van der Waals surface area contributed by atoms with E-state index in [4.69, 9.17) is 0 Å². The first-order valence-electron chi connectivity index (χ1n) is 8.66. The van der Waals surface area contributed by atoms with Crippen molar-refractivity contribution < 1.29 is 13.2 Å². The number of para-hydroxylation sites is 1. The zero-order valence-corrected chi connectivity index (χ0v) is 17.0. The van der Waals surface area contributed by atoms with Crippen molar-refractivity contribution in [3.63, 3.8) is 0 Å². The lowest BCUT2D eigenvalue weighted by Crippen LogP contribution is -2.39. The van der Waals surface area contributed by atoms with Crippen LogP contribution >= 0.6 is 11.8 Å². The number of carbonyl (C=O) groups excluding carboxylic acids is 1. The Hall–Kier alpha value is -1.91. The molecule has 1 saturated heterocycles.